The Hall–Kier alpha value is 0.350. The highest BCUT2D eigenvalue weighted by atomic mass is 79.9. The van der Waals surface area contributed by atoms with Gasteiger partial charge in [0.05, 0.1) is 0 Å². The predicted molar refractivity (Wildman–Crippen MR) is 77.1 cm³/mol. The van der Waals surface area contributed by atoms with Crippen LogP contribution < -0.4 is 4.72 Å². The van der Waals surface area contributed by atoms with E-state index in [1.807, 2.05) is 6.92 Å². The van der Waals surface area contributed by atoms with Crippen LogP contribution in [0.4, 0.5) is 0 Å². The molecule has 4 nitrogen and oxygen atoms in total. The van der Waals surface area contributed by atoms with Crippen molar-refractivity contribution >= 4 is 26.1 Å². The molecule has 18 heavy (non-hydrogen) atoms. The van der Waals surface area contributed by atoms with Gasteiger partial charge in [-0.3, -0.25) is 0 Å². The Morgan fingerprint density at radius 3 is 2.50 bits per heavy atom. The molecule has 2 aliphatic rings. The van der Waals surface area contributed by atoms with E-state index in [2.05, 4.69) is 20.7 Å². The minimum atomic E-state index is -3.33. The Bertz CT molecular complexity index is 380. The fraction of sp³-hybridized carbons (Fsp3) is 1.00. The van der Waals surface area contributed by atoms with Gasteiger partial charge in [0.25, 0.3) is 10.2 Å². The first-order valence-electron chi connectivity index (χ1n) is 6.86. The van der Waals surface area contributed by atoms with Crippen molar-refractivity contribution in [3.63, 3.8) is 0 Å². The molecule has 1 N–H and O–H groups in total. The van der Waals surface area contributed by atoms with Crippen molar-refractivity contribution in [1.82, 2.24) is 9.03 Å². The molecule has 0 aromatic carbocycles. The zero-order valence-electron chi connectivity index (χ0n) is 11.0. The van der Waals surface area contributed by atoms with Gasteiger partial charge in [-0.2, -0.15) is 17.4 Å². The highest BCUT2D eigenvalue weighted by Gasteiger charge is 2.40. The van der Waals surface area contributed by atoms with Gasteiger partial charge in [0.15, 0.2) is 0 Å². The summed E-state index contributed by atoms with van der Waals surface area (Å²) in [6, 6.07) is 0.130. The Labute approximate surface area is 119 Å². The third kappa shape index (κ3) is 3.08. The predicted octanol–water partition coefficient (Wildman–Crippen LogP) is 2.40. The molecule has 2 rings (SSSR count). The highest BCUT2D eigenvalue weighted by molar-refractivity contribution is 9.09. The quantitative estimate of drug-likeness (QED) is 0.800. The van der Waals surface area contributed by atoms with Crippen molar-refractivity contribution in [2.24, 2.45) is 0 Å². The zero-order chi connectivity index (χ0) is 13.2. The van der Waals surface area contributed by atoms with Crippen molar-refractivity contribution in [2.45, 2.75) is 63.5 Å². The normalized spacial score (nSPS) is 29.6. The molecule has 1 aliphatic carbocycles. The molecular formula is C12H23BrN2O2S. The van der Waals surface area contributed by atoms with Gasteiger partial charge in [-0.1, -0.05) is 35.2 Å². The first-order chi connectivity index (χ1) is 8.49. The minimum absolute atomic E-state index is 0.130. The van der Waals surface area contributed by atoms with E-state index in [-0.39, 0.29) is 11.6 Å². The van der Waals surface area contributed by atoms with Crippen LogP contribution in [-0.2, 0) is 10.2 Å². The lowest BCUT2D eigenvalue weighted by Crippen LogP contribution is -2.56. The Morgan fingerprint density at radius 2 is 1.94 bits per heavy atom. The summed E-state index contributed by atoms with van der Waals surface area (Å²) in [4.78, 5) is 0. The molecule has 0 amide bonds. The zero-order valence-corrected chi connectivity index (χ0v) is 13.4. The maximum Gasteiger partial charge on any atom is 0.280 e. The molecule has 1 aliphatic heterocycles. The molecule has 0 aromatic rings. The first kappa shape index (κ1) is 14.8. The summed E-state index contributed by atoms with van der Waals surface area (Å²) < 4.78 is 29.6. The summed E-state index contributed by atoms with van der Waals surface area (Å²) in [5.41, 5.74) is -0.254. The van der Waals surface area contributed by atoms with Gasteiger partial charge in [0, 0.05) is 23.5 Å². The summed E-state index contributed by atoms with van der Waals surface area (Å²) in [5, 5.41) is 0.710. The van der Waals surface area contributed by atoms with Gasteiger partial charge < -0.3 is 0 Å². The van der Waals surface area contributed by atoms with Gasteiger partial charge >= 0.3 is 0 Å². The maximum atomic E-state index is 12.5. The second-order valence-electron chi connectivity index (χ2n) is 5.68. The highest BCUT2D eigenvalue weighted by Crippen LogP contribution is 2.33. The molecule has 1 atom stereocenters. The molecule has 0 bridgehead atoms. The van der Waals surface area contributed by atoms with E-state index in [1.54, 1.807) is 4.31 Å². The fourth-order valence-corrected chi connectivity index (χ4v) is 5.85. The average Bonchev–Trinajstić information content (AvgIpc) is 2.78. The molecule has 0 spiro atoms. The molecule has 1 saturated carbocycles. The number of piperidine rings is 1. The smallest absolute Gasteiger partial charge is 0.195 e. The third-order valence-corrected chi connectivity index (χ3v) is 7.14. The van der Waals surface area contributed by atoms with Crippen LogP contribution in [0.1, 0.15) is 51.9 Å². The second-order valence-corrected chi connectivity index (χ2v) is 7.87. The fourth-order valence-electron chi connectivity index (χ4n) is 3.08. The summed E-state index contributed by atoms with van der Waals surface area (Å²) >= 11 is 3.48. The summed E-state index contributed by atoms with van der Waals surface area (Å²) in [6.07, 6.45) is 7.21. The number of nitrogens with zero attached hydrogens (tertiary/aromatic N) is 1. The Kier molecular flexibility index (Phi) is 4.73. The van der Waals surface area contributed by atoms with Crippen LogP contribution in [0.3, 0.4) is 0 Å². The third-order valence-electron chi connectivity index (χ3n) is 4.21. The number of alkyl halides is 1. The van der Waals surface area contributed by atoms with Gasteiger partial charge in [-0.15, -0.1) is 0 Å². The maximum absolute atomic E-state index is 12.5. The van der Waals surface area contributed by atoms with Crippen molar-refractivity contribution < 1.29 is 8.42 Å². The van der Waals surface area contributed by atoms with Gasteiger partial charge in [-0.25, -0.2) is 0 Å². The van der Waals surface area contributed by atoms with Crippen LogP contribution in [-0.4, -0.2) is 36.2 Å². The standard InChI is InChI=1S/C12H23BrN2O2S/c1-11-6-2-5-9-15(11)18(16,17)14-12(10-13)7-3-4-8-12/h11,14H,2-10H2,1H3. The molecule has 0 aromatic heterocycles. The molecule has 1 heterocycles. The van der Waals surface area contributed by atoms with E-state index in [0.717, 1.165) is 44.9 Å². The summed E-state index contributed by atoms with van der Waals surface area (Å²) in [5.74, 6) is 0. The first-order valence-corrected chi connectivity index (χ1v) is 9.42. The van der Waals surface area contributed by atoms with Crippen LogP contribution >= 0.6 is 15.9 Å². The van der Waals surface area contributed by atoms with E-state index in [9.17, 15) is 8.42 Å². The number of nitrogens with one attached hydrogen (secondary N) is 1. The molecule has 2 fully saturated rings. The summed E-state index contributed by atoms with van der Waals surface area (Å²) in [7, 11) is -3.33. The van der Waals surface area contributed by atoms with Gasteiger partial charge in [-0.05, 0) is 32.6 Å². The van der Waals surface area contributed by atoms with E-state index < -0.39 is 10.2 Å². The summed E-state index contributed by atoms with van der Waals surface area (Å²) in [6.45, 7) is 2.67. The second kappa shape index (κ2) is 5.77. The lowest BCUT2D eigenvalue weighted by molar-refractivity contribution is 0.259. The average molecular weight is 339 g/mol. The number of hydrogen-bond donors (Lipinski definition) is 1. The van der Waals surface area contributed by atoms with Crippen LogP contribution in [0, 0.1) is 0 Å². The topological polar surface area (TPSA) is 49.4 Å². The lowest BCUT2D eigenvalue weighted by atomic mass is 10.0. The number of halogens is 1. The molecule has 0 radical (unpaired) electrons. The lowest BCUT2D eigenvalue weighted by Gasteiger charge is -2.36. The van der Waals surface area contributed by atoms with Crippen LogP contribution in [0.25, 0.3) is 0 Å². The largest absolute Gasteiger partial charge is 0.280 e. The van der Waals surface area contributed by atoms with E-state index >= 15 is 0 Å². The molecular weight excluding hydrogens is 316 g/mol. The Balaban J connectivity index is 2.10. The molecule has 106 valence electrons. The molecule has 6 heteroatoms. The molecule has 1 saturated heterocycles. The Morgan fingerprint density at radius 1 is 1.28 bits per heavy atom. The number of hydrogen-bond acceptors (Lipinski definition) is 2. The van der Waals surface area contributed by atoms with Crippen LogP contribution in [0.2, 0.25) is 0 Å². The number of rotatable bonds is 4. The van der Waals surface area contributed by atoms with Crippen molar-refractivity contribution in [2.75, 3.05) is 11.9 Å². The van der Waals surface area contributed by atoms with E-state index in [1.165, 1.54) is 0 Å². The van der Waals surface area contributed by atoms with Crippen LogP contribution in [0.15, 0.2) is 0 Å². The molecule has 1 unspecified atom stereocenters. The minimum Gasteiger partial charge on any atom is -0.195 e. The SMILES string of the molecule is CC1CCCCN1S(=O)(=O)NC1(CBr)CCCC1. The van der Waals surface area contributed by atoms with Crippen molar-refractivity contribution in [1.29, 1.82) is 0 Å². The van der Waals surface area contributed by atoms with E-state index in [4.69, 9.17) is 0 Å². The van der Waals surface area contributed by atoms with Gasteiger partial charge in [0.1, 0.15) is 0 Å². The van der Waals surface area contributed by atoms with Crippen molar-refractivity contribution in [3.05, 3.63) is 0 Å². The monoisotopic (exact) mass is 338 g/mol. The van der Waals surface area contributed by atoms with E-state index in [0.29, 0.717) is 11.9 Å². The van der Waals surface area contributed by atoms with Gasteiger partial charge in [0.2, 0.25) is 0 Å². The van der Waals surface area contributed by atoms with Crippen molar-refractivity contribution in [3.8, 4) is 0 Å². The van der Waals surface area contributed by atoms with Crippen LogP contribution in [0.5, 0.6) is 0 Å².